The molecule has 6 heteroatoms. The summed E-state index contributed by atoms with van der Waals surface area (Å²) in [6.07, 6.45) is 5.25. The fraction of sp³-hybridized carbons (Fsp3) is 0.400. The molecule has 1 unspecified atom stereocenters. The zero-order chi connectivity index (χ0) is 14.7. The summed E-state index contributed by atoms with van der Waals surface area (Å²) in [5.41, 5.74) is 1.55. The van der Waals surface area contributed by atoms with E-state index in [2.05, 4.69) is 15.4 Å². The van der Waals surface area contributed by atoms with Gasteiger partial charge in [-0.15, -0.1) is 0 Å². The number of likely N-dealkylation sites (N-methyl/N-ethyl adjacent to an activating group) is 1. The van der Waals surface area contributed by atoms with Crippen LogP contribution in [0.25, 0.3) is 5.69 Å². The predicted molar refractivity (Wildman–Crippen MR) is 79.3 cm³/mol. The summed E-state index contributed by atoms with van der Waals surface area (Å²) in [4.78, 5) is 18.6. The fourth-order valence-corrected chi connectivity index (χ4v) is 2.84. The first-order valence-corrected chi connectivity index (χ1v) is 7.20. The van der Waals surface area contributed by atoms with Gasteiger partial charge >= 0.3 is 0 Å². The van der Waals surface area contributed by atoms with Crippen molar-refractivity contribution >= 4 is 5.91 Å². The van der Waals surface area contributed by atoms with Gasteiger partial charge in [0, 0.05) is 24.7 Å². The Bertz CT molecular complexity index is 610. The third kappa shape index (κ3) is 2.80. The van der Waals surface area contributed by atoms with Crippen molar-refractivity contribution in [2.75, 3.05) is 20.1 Å². The van der Waals surface area contributed by atoms with E-state index in [4.69, 9.17) is 0 Å². The molecule has 1 saturated heterocycles. The van der Waals surface area contributed by atoms with Crippen LogP contribution in [0.1, 0.15) is 23.2 Å². The number of amides is 1. The number of hydrogen-bond donors (Lipinski definition) is 1. The third-order valence-corrected chi connectivity index (χ3v) is 3.85. The molecule has 1 amide bonds. The monoisotopic (exact) mass is 285 g/mol. The van der Waals surface area contributed by atoms with E-state index in [-0.39, 0.29) is 11.9 Å². The van der Waals surface area contributed by atoms with E-state index in [0.717, 1.165) is 31.6 Å². The van der Waals surface area contributed by atoms with Gasteiger partial charge in [-0.25, -0.2) is 9.67 Å². The van der Waals surface area contributed by atoms with E-state index in [0.29, 0.717) is 5.56 Å². The van der Waals surface area contributed by atoms with Crippen molar-refractivity contribution in [3.63, 3.8) is 0 Å². The molecule has 1 atom stereocenters. The molecular weight excluding hydrogens is 266 g/mol. The van der Waals surface area contributed by atoms with E-state index in [1.54, 1.807) is 11.0 Å². The molecule has 0 aliphatic carbocycles. The number of hydrogen-bond acceptors (Lipinski definition) is 4. The van der Waals surface area contributed by atoms with Crippen LogP contribution in [-0.2, 0) is 0 Å². The maximum atomic E-state index is 12.7. The number of carbonyl (C=O) groups is 1. The number of likely N-dealkylation sites (tertiary alicyclic amines) is 1. The molecular formula is C15H19N5O. The van der Waals surface area contributed by atoms with Gasteiger partial charge in [0.1, 0.15) is 12.7 Å². The maximum absolute atomic E-state index is 12.7. The molecule has 110 valence electrons. The highest BCUT2D eigenvalue weighted by Crippen LogP contribution is 2.20. The molecule has 2 heterocycles. The Labute approximate surface area is 123 Å². The first kappa shape index (κ1) is 13.8. The Hall–Kier alpha value is -2.21. The van der Waals surface area contributed by atoms with E-state index in [1.807, 2.05) is 36.2 Å². The summed E-state index contributed by atoms with van der Waals surface area (Å²) in [5.74, 6) is 0.0923. The lowest BCUT2D eigenvalue weighted by molar-refractivity contribution is 0.0737. The summed E-state index contributed by atoms with van der Waals surface area (Å²) in [7, 11) is 1.92. The molecule has 1 aliphatic heterocycles. The molecule has 1 aromatic heterocycles. The second-order valence-corrected chi connectivity index (χ2v) is 5.24. The molecule has 1 aromatic carbocycles. The summed E-state index contributed by atoms with van der Waals surface area (Å²) in [6, 6.07) is 7.81. The minimum Gasteiger partial charge on any atom is -0.334 e. The zero-order valence-corrected chi connectivity index (χ0v) is 12.1. The number of carbonyl (C=O) groups excluding carboxylic acids is 1. The van der Waals surface area contributed by atoms with Gasteiger partial charge in [-0.1, -0.05) is 6.07 Å². The van der Waals surface area contributed by atoms with Gasteiger partial charge in [-0.3, -0.25) is 4.79 Å². The average Bonchev–Trinajstić information content (AvgIpc) is 3.18. The van der Waals surface area contributed by atoms with Gasteiger partial charge in [0.25, 0.3) is 5.91 Å². The lowest BCUT2D eigenvalue weighted by Crippen LogP contribution is -2.40. The highest BCUT2D eigenvalue weighted by Gasteiger charge is 2.28. The van der Waals surface area contributed by atoms with Crippen molar-refractivity contribution in [2.45, 2.75) is 18.9 Å². The van der Waals surface area contributed by atoms with Crippen molar-refractivity contribution in [3.05, 3.63) is 42.5 Å². The quantitative estimate of drug-likeness (QED) is 0.913. The number of aromatic nitrogens is 3. The van der Waals surface area contributed by atoms with E-state index >= 15 is 0 Å². The Kier molecular flexibility index (Phi) is 3.96. The van der Waals surface area contributed by atoms with Crippen molar-refractivity contribution in [3.8, 4) is 5.69 Å². The second kappa shape index (κ2) is 6.05. The van der Waals surface area contributed by atoms with Crippen LogP contribution in [0.5, 0.6) is 0 Å². The molecule has 1 fully saturated rings. The van der Waals surface area contributed by atoms with Gasteiger partial charge in [-0.2, -0.15) is 5.10 Å². The topological polar surface area (TPSA) is 63.1 Å². The molecule has 0 saturated carbocycles. The van der Waals surface area contributed by atoms with Crippen LogP contribution in [0, 0.1) is 0 Å². The van der Waals surface area contributed by atoms with Crippen LogP contribution < -0.4 is 5.32 Å². The standard InChI is InChI=1S/C15H19N5O/c1-16-9-14-6-3-7-19(14)15(21)12-4-2-5-13(8-12)20-11-17-10-18-20/h2,4-5,8,10-11,14,16H,3,6-7,9H2,1H3. The Morgan fingerprint density at radius 3 is 3.14 bits per heavy atom. The summed E-state index contributed by atoms with van der Waals surface area (Å²) in [6.45, 7) is 1.67. The molecule has 1 aliphatic rings. The van der Waals surface area contributed by atoms with Crippen molar-refractivity contribution in [1.29, 1.82) is 0 Å². The average molecular weight is 285 g/mol. The predicted octanol–water partition coefficient (Wildman–Crippen LogP) is 1.09. The van der Waals surface area contributed by atoms with Gasteiger partial charge in [-0.05, 0) is 38.1 Å². The van der Waals surface area contributed by atoms with Gasteiger partial charge < -0.3 is 10.2 Å². The van der Waals surface area contributed by atoms with Crippen LogP contribution in [0.4, 0.5) is 0 Å². The lowest BCUT2D eigenvalue weighted by Gasteiger charge is -2.24. The Balaban J connectivity index is 1.83. The third-order valence-electron chi connectivity index (χ3n) is 3.85. The van der Waals surface area contributed by atoms with E-state index in [1.165, 1.54) is 6.33 Å². The second-order valence-electron chi connectivity index (χ2n) is 5.24. The van der Waals surface area contributed by atoms with E-state index in [9.17, 15) is 4.79 Å². The molecule has 0 radical (unpaired) electrons. The molecule has 21 heavy (non-hydrogen) atoms. The molecule has 2 aromatic rings. The molecule has 0 bridgehead atoms. The number of nitrogens with one attached hydrogen (secondary N) is 1. The summed E-state index contributed by atoms with van der Waals surface area (Å²) >= 11 is 0. The van der Waals surface area contributed by atoms with E-state index < -0.39 is 0 Å². The first-order valence-electron chi connectivity index (χ1n) is 7.20. The summed E-state index contributed by atoms with van der Waals surface area (Å²) < 4.78 is 1.66. The minimum atomic E-state index is 0.0923. The molecule has 1 N–H and O–H groups in total. The van der Waals surface area contributed by atoms with Crippen molar-refractivity contribution in [2.24, 2.45) is 0 Å². The van der Waals surface area contributed by atoms with Crippen LogP contribution in [0.15, 0.2) is 36.9 Å². The lowest BCUT2D eigenvalue weighted by atomic mass is 10.1. The largest absolute Gasteiger partial charge is 0.334 e. The number of nitrogens with zero attached hydrogens (tertiary/aromatic N) is 4. The first-order chi connectivity index (χ1) is 10.3. The van der Waals surface area contributed by atoms with Crippen LogP contribution in [0.2, 0.25) is 0 Å². The molecule has 6 nitrogen and oxygen atoms in total. The normalized spacial score (nSPS) is 18.1. The van der Waals surface area contributed by atoms with Crippen LogP contribution in [0.3, 0.4) is 0 Å². The number of rotatable bonds is 4. The van der Waals surface area contributed by atoms with Gasteiger partial charge in [0.15, 0.2) is 0 Å². The Morgan fingerprint density at radius 2 is 2.38 bits per heavy atom. The maximum Gasteiger partial charge on any atom is 0.254 e. The Morgan fingerprint density at radius 1 is 1.48 bits per heavy atom. The zero-order valence-electron chi connectivity index (χ0n) is 12.1. The van der Waals surface area contributed by atoms with Crippen molar-refractivity contribution in [1.82, 2.24) is 25.0 Å². The van der Waals surface area contributed by atoms with Crippen LogP contribution in [-0.4, -0.2) is 51.8 Å². The smallest absolute Gasteiger partial charge is 0.254 e. The highest BCUT2D eigenvalue weighted by molar-refractivity contribution is 5.95. The van der Waals surface area contributed by atoms with Crippen molar-refractivity contribution < 1.29 is 4.79 Å². The van der Waals surface area contributed by atoms with Crippen LogP contribution >= 0.6 is 0 Å². The number of benzene rings is 1. The minimum absolute atomic E-state index is 0.0923. The molecule has 3 rings (SSSR count). The summed E-state index contributed by atoms with van der Waals surface area (Å²) in [5, 5.41) is 7.26. The fourth-order valence-electron chi connectivity index (χ4n) is 2.84. The molecule has 0 spiro atoms. The SMILES string of the molecule is CNCC1CCCN1C(=O)c1cccc(-n2cncn2)c1. The van der Waals surface area contributed by atoms with Gasteiger partial charge in [0.05, 0.1) is 5.69 Å². The van der Waals surface area contributed by atoms with Gasteiger partial charge in [0.2, 0.25) is 0 Å². The highest BCUT2D eigenvalue weighted by atomic mass is 16.2.